The molecule has 82 valence electrons. The molecule has 0 bridgehead atoms. The number of nitrogens with one attached hydrogen (secondary N) is 1. The fraction of sp³-hybridized carbons (Fsp3) is 0.444. The van der Waals surface area contributed by atoms with E-state index in [-0.39, 0.29) is 5.69 Å². The number of carbonyl (C=O) groups excluding carboxylic acids is 1. The molecule has 1 aromatic rings. The largest absolute Gasteiger partial charge is 0.475 e. The van der Waals surface area contributed by atoms with Gasteiger partial charge in [-0.25, -0.2) is 0 Å². The second-order valence-corrected chi connectivity index (χ2v) is 2.82. The van der Waals surface area contributed by atoms with Crippen molar-refractivity contribution in [2.75, 3.05) is 19.7 Å². The minimum Gasteiger partial charge on any atom is -0.475 e. The standard InChI is InChI=1S/C9H14N4O2/c1-2-11-5-6-15-8-4-3-7(9(10)14)12-13-8/h3-4,11H,2,5-6H2,1H3,(H2,10,14). The molecule has 0 aromatic carbocycles. The highest BCUT2D eigenvalue weighted by molar-refractivity contribution is 5.90. The van der Waals surface area contributed by atoms with Crippen LogP contribution >= 0.6 is 0 Å². The molecule has 15 heavy (non-hydrogen) atoms. The Morgan fingerprint density at radius 1 is 1.53 bits per heavy atom. The average Bonchev–Trinajstić information content (AvgIpc) is 2.25. The molecule has 0 aliphatic heterocycles. The summed E-state index contributed by atoms with van der Waals surface area (Å²) in [6.07, 6.45) is 0. The number of aromatic nitrogens is 2. The van der Waals surface area contributed by atoms with Gasteiger partial charge in [0.15, 0.2) is 5.69 Å². The Labute approximate surface area is 87.8 Å². The topological polar surface area (TPSA) is 90.1 Å². The van der Waals surface area contributed by atoms with Crippen LogP contribution in [0.3, 0.4) is 0 Å². The molecule has 0 saturated carbocycles. The van der Waals surface area contributed by atoms with E-state index in [1.165, 1.54) is 6.07 Å². The summed E-state index contributed by atoms with van der Waals surface area (Å²) in [4.78, 5) is 10.7. The first kappa shape index (κ1) is 11.4. The van der Waals surface area contributed by atoms with Crippen molar-refractivity contribution in [2.24, 2.45) is 5.73 Å². The van der Waals surface area contributed by atoms with Crippen molar-refractivity contribution in [3.63, 3.8) is 0 Å². The van der Waals surface area contributed by atoms with Crippen LogP contribution in [0.25, 0.3) is 0 Å². The van der Waals surface area contributed by atoms with E-state index in [2.05, 4.69) is 15.5 Å². The minimum absolute atomic E-state index is 0.133. The van der Waals surface area contributed by atoms with Gasteiger partial charge in [0, 0.05) is 12.6 Å². The van der Waals surface area contributed by atoms with Crippen LogP contribution < -0.4 is 15.8 Å². The fourth-order valence-corrected chi connectivity index (χ4v) is 0.933. The summed E-state index contributed by atoms with van der Waals surface area (Å²) in [6.45, 7) is 4.17. The maximum atomic E-state index is 10.7. The van der Waals surface area contributed by atoms with E-state index in [0.29, 0.717) is 12.5 Å². The average molecular weight is 210 g/mol. The van der Waals surface area contributed by atoms with E-state index in [9.17, 15) is 4.79 Å². The summed E-state index contributed by atoms with van der Waals surface area (Å²) in [7, 11) is 0. The van der Waals surface area contributed by atoms with Gasteiger partial charge in [-0.15, -0.1) is 10.2 Å². The molecule has 3 N–H and O–H groups in total. The molecular weight excluding hydrogens is 196 g/mol. The van der Waals surface area contributed by atoms with Crippen LogP contribution in [-0.4, -0.2) is 35.8 Å². The first-order chi connectivity index (χ1) is 7.24. The smallest absolute Gasteiger partial charge is 0.269 e. The van der Waals surface area contributed by atoms with Gasteiger partial charge in [0.2, 0.25) is 5.88 Å². The molecular formula is C9H14N4O2. The third kappa shape index (κ3) is 3.90. The van der Waals surface area contributed by atoms with Gasteiger partial charge in [-0.1, -0.05) is 6.92 Å². The maximum absolute atomic E-state index is 10.7. The van der Waals surface area contributed by atoms with Gasteiger partial charge in [-0.3, -0.25) is 4.79 Å². The number of amides is 1. The van der Waals surface area contributed by atoms with Crippen molar-refractivity contribution in [3.05, 3.63) is 17.8 Å². The van der Waals surface area contributed by atoms with E-state index < -0.39 is 5.91 Å². The van der Waals surface area contributed by atoms with E-state index in [4.69, 9.17) is 10.5 Å². The third-order valence-electron chi connectivity index (χ3n) is 1.67. The van der Waals surface area contributed by atoms with Gasteiger partial charge in [-0.05, 0) is 12.6 Å². The van der Waals surface area contributed by atoms with E-state index >= 15 is 0 Å². The second kappa shape index (κ2) is 5.92. The van der Waals surface area contributed by atoms with Gasteiger partial charge in [0.25, 0.3) is 5.91 Å². The third-order valence-corrected chi connectivity index (χ3v) is 1.67. The first-order valence-electron chi connectivity index (χ1n) is 4.71. The molecule has 0 atom stereocenters. The van der Waals surface area contributed by atoms with Crippen molar-refractivity contribution in [1.29, 1.82) is 0 Å². The van der Waals surface area contributed by atoms with Gasteiger partial charge in [0.1, 0.15) is 6.61 Å². The summed E-state index contributed by atoms with van der Waals surface area (Å²) in [5.74, 6) is -0.209. The molecule has 0 fully saturated rings. The molecule has 6 heteroatoms. The van der Waals surface area contributed by atoms with Crippen molar-refractivity contribution in [3.8, 4) is 5.88 Å². The molecule has 0 radical (unpaired) electrons. The monoisotopic (exact) mass is 210 g/mol. The van der Waals surface area contributed by atoms with Crippen LogP contribution in [0.15, 0.2) is 12.1 Å². The number of primary amides is 1. The highest BCUT2D eigenvalue weighted by Crippen LogP contribution is 2.03. The van der Waals surface area contributed by atoms with Crippen LogP contribution in [0.4, 0.5) is 0 Å². The van der Waals surface area contributed by atoms with E-state index in [0.717, 1.165) is 13.1 Å². The number of likely N-dealkylation sites (N-methyl/N-ethyl adjacent to an activating group) is 1. The number of carbonyl (C=O) groups is 1. The zero-order valence-corrected chi connectivity index (χ0v) is 8.56. The highest BCUT2D eigenvalue weighted by atomic mass is 16.5. The lowest BCUT2D eigenvalue weighted by atomic mass is 10.4. The van der Waals surface area contributed by atoms with E-state index in [1.807, 2.05) is 6.92 Å². The lowest BCUT2D eigenvalue weighted by Crippen LogP contribution is -2.20. The Kier molecular flexibility index (Phi) is 4.49. The number of hydrogen-bond donors (Lipinski definition) is 2. The Bertz CT molecular complexity index is 312. The number of ether oxygens (including phenoxy) is 1. The zero-order valence-electron chi connectivity index (χ0n) is 8.56. The maximum Gasteiger partial charge on any atom is 0.269 e. The lowest BCUT2D eigenvalue weighted by Gasteiger charge is -2.04. The quantitative estimate of drug-likeness (QED) is 0.621. The molecule has 1 rings (SSSR count). The number of rotatable bonds is 6. The number of nitrogens with two attached hydrogens (primary N) is 1. The Balaban J connectivity index is 2.39. The molecule has 0 unspecified atom stereocenters. The van der Waals surface area contributed by atoms with Crippen molar-refractivity contribution >= 4 is 5.91 Å². The molecule has 6 nitrogen and oxygen atoms in total. The molecule has 0 spiro atoms. The predicted molar refractivity (Wildman–Crippen MR) is 54.6 cm³/mol. The summed E-state index contributed by atoms with van der Waals surface area (Å²) in [5.41, 5.74) is 5.14. The fourth-order valence-electron chi connectivity index (χ4n) is 0.933. The van der Waals surface area contributed by atoms with Crippen LogP contribution in [0, 0.1) is 0 Å². The molecule has 0 aliphatic rings. The lowest BCUT2D eigenvalue weighted by molar-refractivity contribution is 0.0994. The number of nitrogens with zero attached hydrogens (tertiary/aromatic N) is 2. The predicted octanol–water partition coefficient (Wildman–Crippen LogP) is -0.436. The highest BCUT2D eigenvalue weighted by Gasteiger charge is 2.02. The number of hydrogen-bond acceptors (Lipinski definition) is 5. The summed E-state index contributed by atoms with van der Waals surface area (Å²) < 4.78 is 5.25. The Morgan fingerprint density at radius 3 is 2.87 bits per heavy atom. The first-order valence-corrected chi connectivity index (χ1v) is 4.71. The van der Waals surface area contributed by atoms with Gasteiger partial charge in [0.05, 0.1) is 0 Å². The Hall–Kier alpha value is -1.69. The summed E-state index contributed by atoms with van der Waals surface area (Å²) in [6, 6.07) is 3.05. The molecule has 0 aliphatic carbocycles. The second-order valence-electron chi connectivity index (χ2n) is 2.82. The zero-order chi connectivity index (χ0) is 11.1. The van der Waals surface area contributed by atoms with Gasteiger partial charge < -0.3 is 15.8 Å². The van der Waals surface area contributed by atoms with Crippen LogP contribution in [0.1, 0.15) is 17.4 Å². The molecule has 1 amide bonds. The molecule has 0 saturated heterocycles. The van der Waals surface area contributed by atoms with Crippen molar-refractivity contribution < 1.29 is 9.53 Å². The molecule has 1 aromatic heterocycles. The van der Waals surface area contributed by atoms with Crippen molar-refractivity contribution in [2.45, 2.75) is 6.92 Å². The van der Waals surface area contributed by atoms with E-state index in [1.54, 1.807) is 6.07 Å². The summed E-state index contributed by atoms with van der Waals surface area (Å²) >= 11 is 0. The Morgan fingerprint density at radius 2 is 2.33 bits per heavy atom. The van der Waals surface area contributed by atoms with Gasteiger partial charge in [-0.2, -0.15) is 0 Å². The summed E-state index contributed by atoms with van der Waals surface area (Å²) in [5, 5.41) is 10.4. The van der Waals surface area contributed by atoms with Crippen LogP contribution in [-0.2, 0) is 0 Å². The van der Waals surface area contributed by atoms with Crippen molar-refractivity contribution in [1.82, 2.24) is 15.5 Å². The SMILES string of the molecule is CCNCCOc1ccc(C(N)=O)nn1. The molecule has 1 heterocycles. The van der Waals surface area contributed by atoms with Crippen LogP contribution in [0.5, 0.6) is 5.88 Å². The minimum atomic E-state index is -0.596. The van der Waals surface area contributed by atoms with Gasteiger partial charge >= 0.3 is 0 Å². The van der Waals surface area contributed by atoms with Crippen LogP contribution in [0.2, 0.25) is 0 Å². The normalized spacial score (nSPS) is 9.93.